The molecule has 0 amide bonds. The van der Waals surface area contributed by atoms with E-state index < -0.39 is 0 Å². The molecule has 1 aliphatic rings. The highest BCUT2D eigenvalue weighted by Crippen LogP contribution is 2.46. The summed E-state index contributed by atoms with van der Waals surface area (Å²) in [6.45, 7) is 6.81. The fourth-order valence-corrected chi connectivity index (χ4v) is 3.24. The molecule has 0 unspecified atom stereocenters. The van der Waals surface area contributed by atoms with Crippen LogP contribution in [0.3, 0.4) is 0 Å². The van der Waals surface area contributed by atoms with E-state index in [1.165, 1.54) is 24.2 Å². The second kappa shape index (κ2) is 4.38. The molecular weight excluding hydrogens is 180 g/mol. The third kappa shape index (κ3) is 2.02. The van der Waals surface area contributed by atoms with Crippen molar-refractivity contribution in [1.82, 2.24) is 5.01 Å². The first-order valence-electron chi connectivity index (χ1n) is 5.05. The van der Waals surface area contributed by atoms with Crippen molar-refractivity contribution in [2.45, 2.75) is 40.0 Å². The zero-order valence-corrected chi connectivity index (χ0v) is 9.66. The topological polar surface area (TPSA) is 29.3 Å². The van der Waals surface area contributed by atoms with Gasteiger partial charge in [-0.3, -0.25) is 0 Å². The number of thioether (sulfide) groups is 1. The number of hydrogen-bond acceptors (Lipinski definition) is 3. The first kappa shape index (κ1) is 10.9. The maximum Gasteiger partial charge on any atom is 0.0833 e. The molecule has 1 rings (SSSR count). The first-order chi connectivity index (χ1) is 6.18. The Morgan fingerprint density at radius 2 is 1.92 bits per heavy atom. The normalized spacial score (nSPS) is 17.8. The summed E-state index contributed by atoms with van der Waals surface area (Å²) in [5, 5.41) is 1.79. The van der Waals surface area contributed by atoms with Crippen LogP contribution >= 0.6 is 11.8 Å². The van der Waals surface area contributed by atoms with Crippen LogP contribution in [0.4, 0.5) is 0 Å². The van der Waals surface area contributed by atoms with E-state index in [0.29, 0.717) is 5.41 Å². The van der Waals surface area contributed by atoms with Gasteiger partial charge < -0.3 is 5.01 Å². The van der Waals surface area contributed by atoms with Gasteiger partial charge in [0.15, 0.2) is 0 Å². The zero-order chi connectivity index (χ0) is 9.90. The molecule has 13 heavy (non-hydrogen) atoms. The van der Waals surface area contributed by atoms with Crippen LogP contribution in [0.5, 0.6) is 0 Å². The van der Waals surface area contributed by atoms with Gasteiger partial charge in [0, 0.05) is 16.5 Å². The lowest BCUT2D eigenvalue weighted by atomic mass is 9.79. The van der Waals surface area contributed by atoms with Crippen LogP contribution < -0.4 is 5.84 Å². The van der Waals surface area contributed by atoms with Gasteiger partial charge in [-0.2, -0.15) is 0 Å². The smallest absolute Gasteiger partial charge is 0.0833 e. The number of nitrogens with zero attached hydrogens (tertiary/aromatic N) is 1. The minimum atomic E-state index is 0.388. The van der Waals surface area contributed by atoms with Crippen LogP contribution in [-0.4, -0.2) is 10.9 Å². The third-order valence-corrected chi connectivity index (χ3v) is 4.48. The van der Waals surface area contributed by atoms with Gasteiger partial charge in [-0.1, -0.05) is 20.8 Å². The number of rotatable bonds is 4. The highest BCUT2D eigenvalue weighted by molar-refractivity contribution is 8.03. The van der Waals surface area contributed by atoms with Crippen molar-refractivity contribution in [2.75, 3.05) is 5.88 Å². The number of allylic oxidation sites excluding steroid dienone is 1. The second-order valence-corrected chi connectivity index (χ2v) is 4.61. The lowest BCUT2D eigenvalue weighted by Gasteiger charge is -2.30. The summed E-state index contributed by atoms with van der Waals surface area (Å²) in [5.41, 5.74) is 0.388. The van der Waals surface area contributed by atoms with Crippen molar-refractivity contribution in [3.05, 3.63) is 11.1 Å². The van der Waals surface area contributed by atoms with Gasteiger partial charge >= 0.3 is 0 Å². The van der Waals surface area contributed by atoms with Gasteiger partial charge in [0.1, 0.15) is 0 Å². The fourth-order valence-electron chi connectivity index (χ4n) is 1.93. The van der Waals surface area contributed by atoms with Gasteiger partial charge in [0.25, 0.3) is 0 Å². The van der Waals surface area contributed by atoms with Gasteiger partial charge in [0.2, 0.25) is 0 Å². The van der Waals surface area contributed by atoms with Crippen molar-refractivity contribution in [3.8, 4) is 0 Å². The predicted octanol–water partition coefficient (Wildman–Crippen LogP) is 2.92. The Labute approximate surface area is 85.5 Å². The van der Waals surface area contributed by atoms with Crippen LogP contribution in [0.25, 0.3) is 0 Å². The Kier molecular flexibility index (Phi) is 3.68. The van der Waals surface area contributed by atoms with E-state index in [4.69, 9.17) is 5.84 Å². The summed E-state index contributed by atoms with van der Waals surface area (Å²) in [7, 11) is 0. The van der Waals surface area contributed by atoms with Gasteiger partial charge in [-0.15, -0.1) is 11.8 Å². The maximum atomic E-state index is 5.72. The molecular formula is C10H20N2S. The molecule has 0 aromatic rings. The monoisotopic (exact) mass is 200 g/mol. The van der Waals surface area contributed by atoms with E-state index in [-0.39, 0.29) is 0 Å². The molecule has 2 nitrogen and oxygen atoms in total. The highest BCUT2D eigenvalue weighted by Gasteiger charge is 2.31. The van der Waals surface area contributed by atoms with Crippen LogP contribution in [0.1, 0.15) is 40.0 Å². The molecule has 0 aliphatic carbocycles. The molecule has 0 aromatic carbocycles. The quantitative estimate of drug-likeness (QED) is 0.708. The number of hydrogen-bond donors (Lipinski definition) is 1. The predicted molar refractivity (Wildman–Crippen MR) is 59.9 cm³/mol. The van der Waals surface area contributed by atoms with Gasteiger partial charge in [-0.25, -0.2) is 5.84 Å². The molecule has 0 spiro atoms. The van der Waals surface area contributed by atoms with Gasteiger partial charge in [0.05, 0.1) is 5.88 Å². The Morgan fingerprint density at radius 1 is 1.38 bits per heavy atom. The average molecular weight is 200 g/mol. The van der Waals surface area contributed by atoms with Crippen LogP contribution in [0, 0.1) is 5.41 Å². The second-order valence-electron chi connectivity index (χ2n) is 3.62. The Morgan fingerprint density at radius 3 is 2.23 bits per heavy atom. The van der Waals surface area contributed by atoms with Crippen LogP contribution in [-0.2, 0) is 0 Å². The van der Waals surface area contributed by atoms with Gasteiger partial charge in [-0.05, 0) is 19.3 Å². The third-order valence-electron chi connectivity index (χ3n) is 3.21. The summed E-state index contributed by atoms with van der Waals surface area (Å²) in [6, 6.07) is 0. The van der Waals surface area contributed by atoms with E-state index in [1.54, 1.807) is 5.01 Å². The molecule has 0 fully saturated rings. The summed E-state index contributed by atoms with van der Waals surface area (Å²) in [6.07, 6.45) is 5.76. The van der Waals surface area contributed by atoms with Crippen molar-refractivity contribution in [3.63, 3.8) is 0 Å². The molecule has 0 atom stereocenters. The van der Waals surface area contributed by atoms with E-state index in [2.05, 4.69) is 27.0 Å². The molecule has 76 valence electrons. The van der Waals surface area contributed by atoms with Crippen LogP contribution in [0.2, 0.25) is 0 Å². The van der Waals surface area contributed by atoms with E-state index in [0.717, 1.165) is 5.88 Å². The highest BCUT2D eigenvalue weighted by atomic mass is 32.2. The number of nitrogens with two attached hydrogens (primary N) is 1. The van der Waals surface area contributed by atoms with E-state index in [9.17, 15) is 0 Å². The van der Waals surface area contributed by atoms with Crippen molar-refractivity contribution in [1.29, 1.82) is 0 Å². The molecule has 0 radical (unpaired) electrons. The lowest BCUT2D eigenvalue weighted by molar-refractivity contribution is 0.327. The molecule has 0 aromatic heterocycles. The van der Waals surface area contributed by atoms with E-state index >= 15 is 0 Å². The molecule has 0 saturated heterocycles. The fraction of sp³-hybridized carbons (Fsp3) is 0.800. The zero-order valence-electron chi connectivity index (χ0n) is 8.84. The largest absolute Gasteiger partial charge is 0.307 e. The SMILES string of the molecule is CCC(CC)(CC)C1=CN(N)CS1. The summed E-state index contributed by atoms with van der Waals surface area (Å²) < 4.78 is 0. The standard InChI is InChI=1S/C10H20N2S/c1-4-10(5-2,6-3)9-7-12(11)8-13-9/h7H,4-6,8,11H2,1-3H3. The first-order valence-corrected chi connectivity index (χ1v) is 6.03. The van der Waals surface area contributed by atoms with Crippen molar-refractivity contribution < 1.29 is 0 Å². The molecule has 0 bridgehead atoms. The molecule has 0 saturated carbocycles. The molecule has 3 heteroatoms. The Balaban J connectivity index is 2.81. The molecule has 2 N–H and O–H groups in total. The minimum Gasteiger partial charge on any atom is -0.307 e. The van der Waals surface area contributed by atoms with Crippen molar-refractivity contribution >= 4 is 11.8 Å². The maximum absolute atomic E-state index is 5.72. The Bertz CT molecular complexity index is 189. The van der Waals surface area contributed by atoms with Crippen LogP contribution in [0.15, 0.2) is 11.1 Å². The molecule has 1 aliphatic heterocycles. The summed E-state index contributed by atoms with van der Waals surface area (Å²) in [5.74, 6) is 6.64. The minimum absolute atomic E-state index is 0.388. The number of hydrazine groups is 1. The Hall–Kier alpha value is -0.150. The summed E-state index contributed by atoms with van der Waals surface area (Å²) in [4.78, 5) is 1.47. The summed E-state index contributed by atoms with van der Waals surface area (Å²) >= 11 is 1.89. The van der Waals surface area contributed by atoms with E-state index in [1.807, 2.05) is 11.8 Å². The van der Waals surface area contributed by atoms with Crippen molar-refractivity contribution in [2.24, 2.45) is 11.3 Å². The average Bonchev–Trinajstić information content (AvgIpc) is 2.57. The molecule has 1 heterocycles. The lowest BCUT2D eigenvalue weighted by Crippen LogP contribution is -2.21.